The van der Waals surface area contributed by atoms with Gasteiger partial charge in [-0.05, 0) is 25.0 Å². The van der Waals surface area contributed by atoms with Crippen LogP contribution in [0.1, 0.15) is 24.6 Å². The molecule has 104 valence electrons. The van der Waals surface area contributed by atoms with Gasteiger partial charge in [-0.2, -0.15) is 9.37 Å². The van der Waals surface area contributed by atoms with Crippen molar-refractivity contribution in [3.05, 3.63) is 41.7 Å². The molecule has 3 rings (SSSR count). The molecular formula is C14H13F2N3O. The number of hydrogen-bond acceptors (Lipinski definition) is 4. The Labute approximate surface area is 114 Å². The molecule has 0 amide bonds. The number of ether oxygens (including phenoxy) is 1. The van der Waals surface area contributed by atoms with Gasteiger partial charge in [-0.25, -0.2) is 9.37 Å². The topological polar surface area (TPSA) is 47.0 Å². The van der Waals surface area contributed by atoms with E-state index in [0.717, 1.165) is 18.9 Å². The molecule has 6 heteroatoms. The molecule has 1 aliphatic carbocycles. The van der Waals surface area contributed by atoms with Gasteiger partial charge in [-0.1, -0.05) is 6.07 Å². The van der Waals surface area contributed by atoms with Crippen LogP contribution in [0.3, 0.4) is 0 Å². The fraction of sp³-hybridized carbons (Fsp3) is 0.286. The Morgan fingerprint density at radius 1 is 1.25 bits per heavy atom. The smallest absolute Gasteiger partial charge is 0.224 e. The van der Waals surface area contributed by atoms with Gasteiger partial charge in [0.25, 0.3) is 0 Å². The number of nitrogens with zero attached hydrogens (tertiary/aromatic N) is 2. The number of nitrogens with one attached hydrogen (secondary N) is 1. The minimum Gasteiger partial charge on any atom is -0.436 e. The van der Waals surface area contributed by atoms with Gasteiger partial charge in [0.05, 0.1) is 0 Å². The molecule has 1 aromatic heterocycles. The van der Waals surface area contributed by atoms with Crippen LogP contribution >= 0.6 is 0 Å². The number of hydrogen-bond donors (Lipinski definition) is 1. The van der Waals surface area contributed by atoms with Gasteiger partial charge >= 0.3 is 0 Å². The average molecular weight is 277 g/mol. The van der Waals surface area contributed by atoms with Crippen molar-refractivity contribution in [1.29, 1.82) is 0 Å². The van der Waals surface area contributed by atoms with E-state index in [4.69, 9.17) is 4.74 Å². The average Bonchev–Trinajstić information content (AvgIpc) is 3.28. The second-order valence-corrected chi connectivity index (χ2v) is 4.63. The molecule has 1 aromatic carbocycles. The number of aromatic nitrogens is 2. The van der Waals surface area contributed by atoms with E-state index in [2.05, 4.69) is 15.3 Å². The summed E-state index contributed by atoms with van der Waals surface area (Å²) in [5, 5.41) is 2.90. The first-order valence-corrected chi connectivity index (χ1v) is 6.36. The van der Waals surface area contributed by atoms with Crippen LogP contribution in [0.25, 0.3) is 0 Å². The summed E-state index contributed by atoms with van der Waals surface area (Å²) >= 11 is 0. The largest absolute Gasteiger partial charge is 0.436 e. The van der Waals surface area contributed by atoms with Crippen molar-refractivity contribution in [1.82, 2.24) is 9.97 Å². The lowest BCUT2D eigenvalue weighted by Crippen LogP contribution is -2.01. The van der Waals surface area contributed by atoms with Crippen LogP contribution < -0.4 is 10.1 Å². The number of rotatable bonds is 4. The minimum atomic E-state index is -1.02. The maximum Gasteiger partial charge on any atom is 0.224 e. The Morgan fingerprint density at radius 2 is 2.05 bits per heavy atom. The molecule has 0 saturated heterocycles. The van der Waals surface area contributed by atoms with Crippen LogP contribution in [0.15, 0.2) is 24.3 Å². The summed E-state index contributed by atoms with van der Waals surface area (Å²) in [5.74, 6) is -0.360. The fourth-order valence-electron chi connectivity index (χ4n) is 1.82. The van der Waals surface area contributed by atoms with Crippen LogP contribution in [-0.4, -0.2) is 17.0 Å². The molecule has 0 aliphatic heterocycles. The summed E-state index contributed by atoms with van der Waals surface area (Å²) < 4.78 is 32.1. The van der Waals surface area contributed by atoms with E-state index in [1.54, 1.807) is 13.1 Å². The monoisotopic (exact) mass is 277 g/mol. The highest BCUT2D eigenvalue weighted by atomic mass is 19.2. The third-order valence-corrected chi connectivity index (χ3v) is 3.05. The van der Waals surface area contributed by atoms with Crippen molar-refractivity contribution in [3.63, 3.8) is 0 Å². The van der Waals surface area contributed by atoms with E-state index < -0.39 is 11.6 Å². The van der Waals surface area contributed by atoms with E-state index in [1.807, 2.05) is 0 Å². The lowest BCUT2D eigenvalue weighted by Gasteiger charge is -2.09. The van der Waals surface area contributed by atoms with Crippen molar-refractivity contribution in [2.24, 2.45) is 0 Å². The minimum absolute atomic E-state index is 0.188. The molecular weight excluding hydrogens is 264 g/mol. The van der Waals surface area contributed by atoms with Gasteiger partial charge in [0.1, 0.15) is 11.6 Å². The zero-order chi connectivity index (χ0) is 14.1. The molecule has 1 saturated carbocycles. The molecule has 0 atom stereocenters. The molecule has 1 N–H and O–H groups in total. The Balaban J connectivity index is 1.93. The van der Waals surface area contributed by atoms with Crippen LogP contribution in [-0.2, 0) is 0 Å². The molecule has 0 radical (unpaired) electrons. The Morgan fingerprint density at radius 3 is 2.75 bits per heavy atom. The zero-order valence-corrected chi connectivity index (χ0v) is 10.9. The Kier molecular flexibility index (Phi) is 3.22. The highest BCUT2D eigenvalue weighted by Gasteiger charge is 2.27. The van der Waals surface area contributed by atoms with E-state index >= 15 is 0 Å². The van der Waals surface area contributed by atoms with Gasteiger partial charge in [-0.3, -0.25) is 0 Å². The zero-order valence-electron chi connectivity index (χ0n) is 10.9. The van der Waals surface area contributed by atoms with Gasteiger partial charge < -0.3 is 10.1 Å². The van der Waals surface area contributed by atoms with E-state index in [0.29, 0.717) is 17.6 Å². The molecule has 1 fully saturated rings. The lowest BCUT2D eigenvalue weighted by molar-refractivity contribution is 0.403. The molecule has 0 unspecified atom stereocenters. The second-order valence-electron chi connectivity index (χ2n) is 4.63. The summed E-state index contributed by atoms with van der Waals surface area (Å²) in [7, 11) is 1.73. The molecule has 1 heterocycles. The summed E-state index contributed by atoms with van der Waals surface area (Å²) in [6, 6.07) is 5.33. The first-order chi connectivity index (χ1) is 9.67. The molecule has 4 nitrogen and oxygen atoms in total. The summed E-state index contributed by atoms with van der Waals surface area (Å²) in [4.78, 5) is 8.57. The van der Waals surface area contributed by atoms with Crippen molar-refractivity contribution in [2.75, 3.05) is 12.4 Å². The van der Waals surface area contributed by atoms with Crippen molar-refractivity contribution in [2.45, 2.75) is 18.8 Å². The van der Waals surface area contributed by atoms with Crippen LogP contribution in [0.2, 0.25) is 0 Å². The van der Waals surface area contributed by atoms with E-state index in [-0.39, 0.29) is 11.6 Å². The van der Waals surface area contributed by atoms with Crippen molar-refractivity contribution < 1.29 is 13.5 Å². The second kappa shape index (κ2) is 5.03. The summed E-state index contributed by atoms with van der Waals surface area (Å²) in [6.07, 6.45) is 2.09. The fourth-order valence-corrected chi connectivity index (χ4v) is 1.82. The Bertz CT molecular complexity index is 644. The highest BCUT2D eigenvalue weighted by Crippen LogP contribution is 2.39. The standard InChI is InChI=1S/C14H13F2N3O/c1-17-11-7-12(19-14(18-11)8-5-6-8)20-10-4-2-3-9(15)13(10)16/h2-4,7-8H,5-6H2,1H3,(H,17,18,19). The summed E-state index contributed by atoms with van der Waals surface area (Å²) in [5.41, 5.74) is 0. The number of halogens is 2. The highest BCUT2D eigenvalue weighted by molar-refractivity contribution is 5.40. The first kappa shape index (κ1) is 12.8. The number of anilines is 1. The molecule has 1 aliphatic rings. The predicted molar refractivity (Wildman–Crippen MR) is 70.0 cm³/mol. The maximum absolute atomic E-state index is 13.6. The van der Waals surface area contributed by atoms with Gasteiger partial charge in [-0.15, -0.1) is 0 Å². The first-order valence-electron chi connectivity index (χ1n) is 6.36. The quantitative estimate of drug-likeness (QED) is 0.929. The third kappa shape index (κ3) is 2.54. The normalized spacial score (nSPS) is 14.2. The predicted octanol–water partition coefficient (Wildman–Crippen LogP) is 3.47. The van der Waals surface area contributed by atoms with Crippen molar-refractivity contribution >= 4 is 5.82 Å². The SMILES string of the molecule is CNc1cc(Oc2cccc(F)c2F)nc(C2CC2)n1. The van der Waals surface area contributed by atoms with Crippen LogP contribution in [0.5, 0.6) is 11.6 Å². The van der Waals surface area contributed by atoms with Gasteiger partial charge in [0, 0.05) is 19.0 Å². The number of benzene rings is 1. The third-order valence-electron chi connectivity index (χ3n) is 3.05. The molecule has 0 spiro atoms. The van der Waals surface area contributed by atoms with Crippen LogP contribution in [0, 0.1) is 11.6 Å². The maximum atomic E-state index is 13.6. The van der Waals surface area contributed by atoms with E-state index in [1.165, 1.54) is 12.1 Å². The van der Waals surface area contributed by atoms with E-state index in [9.17, 15) is 8.78 Å². The Hall–Kier alpha value is -2.24. The summed E-state index contributed by atoms with van der Waals surface area (Å²) in [6.45, 7) is 0. The molecule has 0 bridgehead atoms. The van der Waals surface area contributed by atoms with Crippen LogP contribution in [0.4, 0.5) is 14.6 Å². The van der Waals surface area contributed by atoms with Crippen molar-refractivity contribution in [3.8, 4) is 11.6 Å². The molecule has 2 aromatic rings. The lowest BCUT2D eigenvalue weighted by atomic mass is 10.3. The van der Waals surface area contributed by atoms with Gasteiger partial charge in [0.2, 0.25) is 11.7 Å². The molecule has 20 heavy (non-hydrogen) atoms. The van der Waals surface area contributed by atoms with Gasteiger partial charge in [0.15, 0.2) is 11.6 Å².